The van der Waals surface area contributed by atoms with Gasteiger partial charge in [-0.15, -0.1) is 0 Å². The van der Waals surface area contributed by atoms with Gasteiger partial charge >= 0.3 is 0 Å². The average molecular weight is 428 g/mol. The van der Waals surface area contributed by atoms with Gasteiger partial charge in [0.2, 0.25) is 5.91 Å². The molecule has 0 saturated heterocycles. The van der Waals surface area contributed by atoms with Crippen LogP contribution in [0.4, 0.5) is 5.69 Å². The molecule has 0 aliphatic carbocycles. The van der Waals surface area contributed by atoms with Gasteiger partial charge in [0.15, 0.2) is 4.77 Å². The number of H-pyrrole nitrogens is 1. The average Bonchev–Trinajstić information content (AvgIpc) is 2.75. The molecule has 2 aromatic carbocycles. The zero-order valence-corrected chi connectivity index (χ0v) is 17.9. The lowest BCUT2D eigenvalue weighted by Crippen LogP contribution is -2.22. The van der Waals surface area contributed by atoms with Crippen molar-refractivity contribution in [2.45, 2.75) is 32.2 Å². The molecule has 158 valence electrons. The van der Waals surface area contributed by atoms with Gasteiger partial charge in [-0.05, 0) is 49.3 Å². The van der Waals surface area contributed by atoms with E-state index < -0.39 is 0 Å². The molecule has 0 fully saturated rings. The van der Waals surface area contributed by atoms with E-state index in [4.69, 9.17) is 21.7 Å². The Hall–Kier alpha value is -3.13. The van der Waals surface area contributed by atoms with Crippen LogP contribution in [0.2, 0.25) is 0 Å². The first-order chi connectivity index (χ1) is 14.5. The van der Waals surface area contributed by atoms with E-state index in [0.29, 0.717) is 46.7 Å². The summed E-state index contributed by atoms with van der Waals surface area (Å²) in [6.07, 6.45) is 2.66. The number of carbonyl (C=O) groups excluding carboxylic acids is 1. The molecule has 3 aromatic rings. The van der Waals surface area contributed by atoms with Gasteiger partial charge in [-0.3, -0.25) is 14.2 Å². The quantitative estimate of drug-likeness (QED) is 0.393. The van der Waals surface area contributed by atoms with Crippen molar-refractivity contribution in [2.24, 2.45) is 0 Å². The number of anilines is 1. The summed E-state index contributed by atoms with van der Waals surface area (Å²) in [4.78, 5) is 28.0. The highest BCUT2D eigenvalue weighted by molar-refractivity contribution is 7.71. The van der Waals surface area contributed by atoms with Gasteiger partial charge in [-0.2, -0.15) is 0 Å². The lowest BCUT2D eigenvalue weighted by Gasteiger charge is -2.11. The highest BCUT2D eigenvalue weighted by Crippen LogP contribution is 2.29. The molecule has 1 amide bonds. The Kier molecular flexibility index (Phi) is 7.24. The normalized spacial score (nSPS) is 10.7. The maximum absolute atomic E-state index is 12.6. The molecule has 8 heteroatoms. The van der Waals surface area contributed by atoms with Crippen LogP contribution in [-0.2, 0) is 11.3 Å². The Morgan fingerprint density at radius 3 is 2.67 bits per heavy atom. The van der Waals surface area contributed by atoms with Crippen molar-refractivity contribution in [2.75, 3.05) is 19.5 Å². The number of hydrogen-bond acceptors (Lipinski definition) is 5. The van der Waals surface area contributed by atoms with Crippen LogP contribution in [0.25, 0.3) is 10.9 Å². The van der Waals surface area contributed by atoms with Gasteiger partial charge in [-0.25, -0.2) is 0 Å². The fourth-order valence-electron chi connectivity index (χ4n) is 3.25. The Bertz CT molecular complexity index is 1150. The number of nitrogens with one attached hydrogen (secondary N) is 2. The predicted molar refractivity (Wildman–Crippen MR) is 120 cm³/mol. The van der Waals surface area contributed by atoms with E-state index >= 15 is 0 Å². The number of aromatic amines is 1. The Balaban J connectivity index is 1.50. The second-order valence-electron chi connectivity index (χ2n) is 6.86. The number of unbranched alkanes of at least 4 members (excludes halogenated alkanes) is 2. The number of methoxy groups -OCH3 is 2. The first-order valence-electron chi connectivity index (χ1n) is 9.77. The molecule has 2 N–H and O–H groups in total. The number of carbonyl (C=O) groups is 1. The first kappa shape index (κ1) is 21.6. The van der Waals surface area contributed by atoms with E-state index in [1.807, 2.05) is 18.2 Å². The van der Waals surface area contributed by atoms with Gasteiger partial charge < -0.3 is 19.8 Å². The molecular weight excluding hydrogens is 402 g/mol. The molecule has 0 saturated carbocycles. The van der Waals surface area contributed by atoms with E-state index in [9.17, 15) is 9.59 Å². The topological polar surface area (TPSA) is 85.4 Å². The van der Waals surface area contributed by atoms with Gasteiger partial charge in [0.25, 0.3) is 5.56 Å². The zero-order chi connectivity index (χ0) is 21.5. The molecule has 0 bridgehead atoms. The van der Waals surface area contributed by atoms with Crippen molar-refractivity contribution in [3.8, 4) is 11.5 Å². The minimum atomic E-state index is -0.0846. The number of para-hydroxylation sites is 1. The molecule has 0 aliphatic heterocycles. The van der Waals surface area contributed by atoms with Crippen LogP contribution in [0.5, 0.6) is 11.5 Å². The monoisotopic (exact) mass is 427 g/mol. The van der Waals surface area contributed by atoms with Gasteiger partial charge in [-0.1, -0.05) is 18.6 Å². The minimum absolute atomic E-state index is 0.0845. The van der Waals surface area contributed by atoms with E-state index in [1.54, 1.807) is 43.1 Å². The van der Waals surface area contributed by atoms with E-state index in [0.717, 1.165) is 18.4 Å². The lowest BCUT2D eigenvalue weighted by atomic mass is 10.1. The van der Waals surface area contributed by atoms with Crippen molar-refractivity contribution in [1.29, 1.82) is 0 Å². The number of nitrogens with zero attached hydrogens (tertiary/aromatic N) is 1. The Labute approximate surface area is 179 Å². The molecule has 0 radical (unpaired) electrons. The Morgan fingerprint density at radius 2 is 1.90 bits per heavy atom. The second kappa shape index (κ2) is 10.1. The van der Waals surface area contributed by atoms with Crippen molar-refractivity contribution >= 4 is 34.7 Å². The largest absolute Gasteiger partial charge is 0.497 e. The van der Waals surface area contributed by atoms with Crippen molar-refractivity contribution < 1.29 is 14.3 Å². The van der Waals surface area contributed by atoms with Crippen LogP contribution in [-0.4, -0.2) is 29.7 Å². The summed E-state index contributed by atoms with van der Waals surface area (Å²) in [6, 6.07) is 12.6. The molecule has 0 aliphatic rings. The fourth-order valence-corrected chi connectivity index (χ4v) is 3.53. The van der Waals surface area contributed by atoms with Crippen LogP contribution in [0, 0.1) is 4.77 Å². The standard InChI is InChI=1S/C22H25N3O4S/c1-28-15-11-12-18(19(14-15)29-2)23-20(26)10-4-3-7-13-25-21(27)16-8-5-6-9-17(16)24-22(25)30/h5-6,8-9,11-12,14H,3-4,7,10,13H2,1-2H3,(H,23,26)(H,24,30). The molecular formula is C22H25N3O4S. The number of hydrogen-bond donors (Lipinski definition) is 2. The SMILES string of the molecule is COc1ccc(NC(=O)CCCCCn2c(=S)[nH]c3ccccc3c2=O)c(OC)c1. The Morgan fingerprint density at radius 1 is 1.10 bits per heavy atom. The molecule has 1 heterocycles. The molecule has 30 heavy (non-hydrogen) atoms. The third kappa shape index (κ3) is 5.07. The minimum Gasteiger partial charge on any atom is -0.497 e. The molecule has 7 nitrogen and oxygen atoms in total. The van der Waals surface area contributed by atoms with Crippen LogP contribution in [0.1, 0.15) is 25.7 Å². The summed E-state index contributed by atoms with van der Waals surface area (Å²) in [5, 5.41) is 3.49. The van der Waals surface area contributed by atoms with Crippen LogP contribution in [0.15, 0.2) is 47.3 Å². The highest BCUT2D eigenvalue weighted by atomic mass is 32.1. The van der Waals surface area contributed by atoms with Crippen molar-refractivity contribution in [3.05, 3.63) is 57.6 Å². The first-order valence-corrected chi connectivity index (χ1v) is 10.2. The number of aromatic nitrogens is 2. The van der Waals surface area contributed by atoms with E-state index in [2.05, 4.69) is 10.3 Å². The highest BCUT2D eigenvalue weighted by Gasteiger charge is 2.09. The molecule has 0 spiro atoms. The van der Waals surface area contributed by atoms with Crippen LogP contribution >= 0.6 is 12.2 Å². The number of fused-ring (bicyclic) bond motifs is 1. The summed E-state index contributed by atoms with van der Waals surface area (Å²) in [7, 11) is 3.12. The fraction of sp³-hybridized carbons (Fsp3) is 0.318. The van der Waals surface area contributed by atoms with Crippen LogP contribution in [0.3, 0.4) is 0 Å². The maximum atomic E-state index is 12.6. The smallest absolute Gasteiger partial charge is 0.262 e. The third-order valence-corrected chi connectivity index (χ3v) is 5.18. The van der Waals surface area contributed by atoms with E-state index in [-0.39, 0.29) is 11.5 Å². The van der Waals surface area contributed by atoms with Gasteiger partial charge in [0.05, 0.1) is 30.8 Å². The molecule has 0 unspecified atom stereocenters. The molecule has 0 atom stereocenters. The summed E-state index contributed by atoms with van der Waals surface area (Å²) >= 11 is 5.32. The summed E-state index contributed by atoms with van der Waals surface area (Å²) in [5.74, 6) is 1.12. The van der Waals surface area contributed by atoms with Gasteiger partial charge in [0.1, 0.15) is 11.5 Å². The molecule has 1 aromatic heterocycles. The van der Waals surface area contributed by atoms with Crippen molar-refractivity contribution in [3.63, 3.8) is 0 Å². The van der Waals surface area contributed by atoms with Gasteiger partial charge in [0, 0.05) is 19.0 Å². The summed E-state index contributed by atoms with van der Waals surface area (Å²) < 4.78 is 12.5. The third-order valence-electron chi connectivity index (χ3n) is 4.86. The van der Waals surface area contributed by atoms with E-state index in [1.165, 1.54) is 0 Å². The summed E-state index contributed by atoms with van der Waals surface area (Å²) in [5.41, 5.74) is 1.27. The predicted octanol–water partition coefficient (Wildman–Crippen LogP) is 4.28. The number of benzene rings is 2. The zero-order valence-electron chi connectivity index (χ0n) is 17.1. The van der Waals surface area contributed by atoms with Crippen LogP contribution < -0.4 is 20.3 Å². The number of amides is 1. The maximum Gasteiger partial charge on any atom is 0.262 e. The van der Waals surface area contributed by atoms with Crippen molar-refractivity contribution in [1.82, 2.24) is 9.55 Å². The molecule has 3 rings (SSSR count). The second-order valence-corrected chi connectivity index (χ2v) is 7.24. The summed E-state index contributed by atoms with van der Waals surface area (Å²) in [6.45, 7) is 0.521. The number of rotatable bonds is 9. The number of ether oxygens (including phenoxy) is 2. The lowest BCUT2D eigenvalue weighted by molar-refractivity contribution is -0.116.